The van der Waals surface area contributed by atoms with E-state index in [4.69, 9.17) is 19.7 Å². The number of carbonyl (C=O) groups is 2. The molecule has 0 saturated carbocycles. The summed E-state index contributed by atoms with van der Waals surface area (Å²) < 4.78 is 10.4. The molecule has 1 amide bonds. The smallest absolute Gasteiger partial charge is 0.329 e. The van der Waals surface area contributed by atoms with Crippen molar-refractivity contribution in [2.24, 2.45) is 0 Å². The van der Waals surface area contributed by atoms with E-state index in [1.165, 1.54) is 0 Å². The highest BCUT2D eigenvalue weighted by molar-refractivity contribution is 5.78. The van der Waals surface area contributed by atoms with Crippen molar-refractivity contribution >= 4 is 11.9 Å². The summed E-state index contributed by atoms with van der Waals surface area (Å²) in [5.74, 6) is -1.47. The van der Waals surface area contributed by atoms with Crippen molar-refractivity contribution in [2.45, 2.75) is 51.7 Å². The SMILES string of the molecule is CC(C)(CCOC(C)(C)CCO)NC(=O)COCC(=O)O. The van der Waals surface area contributed by atoms with Gasteiger partial charge in [0.05, 0.1) is 5.60 Å². The van der Waals surface area contributed by atoms with Crippen molar-refractivity contribution in [2.75, 3.05) is 26.4 Å². The quantitative estimate of drug-likeness (QED) is 0.515. The Hall–Kier alpha value is -1.18. The summed E-state index contributed by atoms with van der Waals surface area (Å²) >= 11 is 0. The zero-order valence-electron chi connectivity index (χ0n) is 13.3. The van der Waals surface area contributed by atoms with Gasteiger partial charge >= 0.3 is 5.97 Å². The van der Waals surface area contributed by atoms with Gasteiger partial charge in [-0.1, -0.05) is 0 Å². The lowest BCUT2D eigenvalue weighted by atomic mass is 10.0. The van der Waals surface area contributed by atoms with Crippen molar-refractivity contribution in [1.82, 2.24) is 5.32 Å². The molecule has 0 aliphatic carbocycles. The van der Waals surface area contributed by atoms with Crippen molar-refractivity contribution < 1.29 is 29.3 Å². The summed E-state index contributed by atoms with van der Waals surface area (Å²) in [6.45, 7) is 7.22. The molecule has 7 heteroatoms. The largest absolute Gasteiger partial charge is 0.480 e. The predicted molar refractivity (Wildman–Crippen MR) is 77.0 cm³/mol. The van der Waals surface area contributed by atoms with Crippen molar-refractivity contribution in [3.8, 4) is 0 Å². The van der Waals surface area contributed by atoms with Crippen LogP contribution in [-0.4, -0.2) is 59.7 Å². The highest BCUT2D eigenvalue weighted by Crippen LogP contribution is 2.16. The van der Waals surface area contributed by atoms with Gasteiger partial charge in [0.15, 0.2) is 0 Å². The highest BCUT2D eigenvalue weighted by Gasteiger charge is 2.23. The highest BCUT2D eigenvalue weighted by atomic mass is 16.5. The van der Waals surface area contributed by atoms with Gasteiger partial charge in [-0.15, -0.1) is 0 Å². The third kappa shape index (κ3) is 11.2. The van der Waals surface area contributed by atoms with Gasteiger partial charge in [-0.2, -0.15) is 0 Å². The summed E-state index contributed by atoms with van der Waals surface area (Å²) in [6.07, 6.45) is 1.13. The molecule has 0 saturated heterocycles. The summed E-state index contributed by atoms with van der Waals surface area (Å²) in [5, 5.41) is 20.1. The Bertz CT molecular complexity index is 340. The zero-order valence-corrected chi connectivity index (χ0v) is 13.3. The minimum Gasteiger partial charge on any atom is -0.480 e. The molecule has 0 spiro atoms. The van der Waals surface area contributed by atoms with Crippen LogP contribution in [0.5, 0.6) is 0 Å². The lowest BCUT2D eigenvalue weighted by molar-refractivity contribution is -0.143. The molecule has 0 bridgehead atoms. The number of hydrogen-bond acceptors (Lipinski definition) is 5. The molecule has 7 nitrogen and oxygen atoms in total. The molecule has 0 aliphatic heterocycles. The first-order chi connectivity index (χ1) is 9.58. The first kappa shape index (κ1) is 19.8. The van der Waals surface area contributed by atoms with E-state index in [0.29, 0.717) is 19.4 Å². The molecule has 0 aromatic heterocycles. The fourth-order valence-corrected chi connectivity index (χ4v) is 1.63. The number of aliphatic carboxylic acids is 1. The van der Waals surface area contributed by atoms with Crippen LogP contribution in [0.25, 0.3) is 0 Å². The molecule has 0 aromatic carbocycles. The second-order valence-electron chi connectivity index (χ2n) is 6.15. The monoisotopic (exact) mass is 305 g/mol. The number of amides is 1. The number of carboxylic acid groups (broad SMARTS) is 1. The maximum atomic E-state index is 11.6. The second-order valence-corrected chi connectivity index (χ2v) is 6.15. The summed E-state index contributed by atoms with van der Waals surface area (Å²) in [5.41, 5.74) is -0.890. The molecule has 21 heavy (non-hydrogen) atoms. The van der Waals surface area contributed by atoms with Gasteiger partial charge in [0.25, 0.3) is 0 Å². The lowest BCUT2D eigenvalue weighted by Gasteiger charge is -2.30. The number of hydrogen-bond donors (Lipinski definition) is 3. The maximum absolute atomic E-state index is 11.6. The van der Waals surface area contributed by atoms with Crippen molar-refractivity contribution in [3.05, 3.63) is 0 Å². The fourth-order valence-electron chi connectivity index (χ4n) is 1.63. The van der Waals surface area contributed by atoms with Crippen LogP contribution in [0.2, 0.25) is 0 Å². The zero-order chi connectivity index (χ0) is 16.5. The predicted octanol–water partition coefficient (Wildman–Crippen LogP) is 0.550. The molecule has 0 fully saturated rings. The van der Waals surface area contributed by atoms with Crippen molar-refractivity contribution in [3.63, 3.8) is 0 Å². The number of nitrogens with one attached hydrogen (secondary N) is 1. The topological polar surface area (TPSA) is 105 Å². The Labute approximate surface area is 125 Å². The van der Waals surface area contributed by atoms with Gasteiger partial charge < -0.3 is 25.0 Å². The molecule has 0 aromatic rings. The van der Waals surface area contributed by atoms with Gasteiger partial charge in [-0.05, 0) is 40.5 Å². The van der Waals surface area contributed by atoms with Crippen molar-refractivity contribution in [1.29, 1.82) is 0 Å². The Morgan fingerprint density at radius 3 is 2.24 bits per heavy atom. The molecule has 0 heterocycles. The minimum atomic E-state index is -1.11. The Morgan fingerprint density at radius 2 is 1.71 bits per heavy atom. The van der Waals surface area contributed by atoms with Gasteiger partial charge in [-0.3, -0.25) is 4.79 Å². The van der Waals surface area contributed by atoms with E-state index in [9.17, 15) is 9.59 Å². The van der Waals surface area contributed by atoms with Crippen LogP contribution in [0.3, 0.4) is 0 Å². The van der Waals surface area contributed by atoms with E-state index < -0.39 is 23.7 Å². The Balaban J connectivity index is 4.02. The standard InChI is InChI=1S/C14H27NO6/c1-13(2,6-8-21-14(3,4)5-7-16)15-11(17)9-20-10-12(18)19/h16H,5-10H2,1-4H3,(H,15,17)(H,18,19). The third-order valence-electron chi connectivity index (χ3n) is 2.87. The third-order valence-corrected chi connectivity index (χ3v) is 2.87. The Morgan fingerprint density at radius 1 is 1.10 bits per heavy atom. The van der Waals surface area contributed by atoms with E-state index in [1.807, 2.05) is 27.7 Å². The summed E-state index contributed by atoms with van der Waals surface area (Å²) in [4.78, 5) is 21.9. The van der Waals surface area contributed by atoms with Crippen LogP contribution in [0.15, 0.2) is 0 Å². The number of rotatable bonds is 11. The maximum Gasteiger partial charge on any atom is 0.329 e. The fraction of sp³-hybridized carbons (Fsp3) is 0.857. The first-order valence-corrected chi connectivity index (χ1v) is 6.93. The van der Waals surface area contributed by atoms with Crippen LogP contribution in [0, 0.1) is 0 Å². The van der Waals surface area contributed by atoms with Gasteiger partial charge in [-0.25, -0.2) is 4.79 Å². The number of aliphatic hydroxyl groups is 1. The van der Waals surface area contributed by atoms with Crippen LogP contribution in [0.4, 0.5) is 0 Å². The van der Waals surface area contributed by atoms with Crippen LogP contribution >= 0.6 is 0 Å². The number of carboxylic acids is 1. The van der Waals surface area contributed by atoms with Gasteiger partial charge in [0, 0.05) is 18.8 Å². The molecule has 124 valence electrons. The summed E-state index contributed by atoms with van der Waals surface area (Å²) in [7, 11) is 0. The first-order valence-electron chi connectivity index (χ1n) is 6.93. The number of ether oxygens (including phenoxy) is 2. The van der Waals surface area contributed by atoms with Crippen LogP contribution in [-0.2, 0) is 19.1 Å². The van der Waals surface area contributed by atoms with Gasteiger partial charge in [0.2, 0.25) is 5.91 Å². The second kappa shape index (κ2) is 8.96. The Kier molecular flexibility index (Phi) is 8.46. The minimum absolute atomic E-state index is 0.0635. The normalized spacial score (nSPS) is 12.2. The molecule has 0 aliphatic rings. The molecule has 0 rings (SSSR count). The molecular formula is C14H27NO6. The average Bonchev–Trinajstić information content (AvgIpc) is 2.26. The van der Waals surface area contributed by atoms with E-state index in [-0.39, 0.29) is 19.1 Å². The number of aliphatic hydroxyl groups excluding tert-OH is 1. The van der Waals surface area contributed by atoms with Crippen LogP contribution in [0.1, 0.15) is 40.5 Å². The van der Waals surface area contributed by atoms with Crippen LogP contribution < -0.4 is 5.32 Å². The lowest BCUT2D eigenvalue weighted by Crippen LogP contribution is -2.46. The molecule has 0 atom stereocenters. The average molecular weight is 305 g/mol. The molecule has 3 N–H and O–H groups in total. The van der Waals surface area contributed by atoms with E-state index in [0.717, 1.165) is 0 Å². The molecular weight excluding hydrogens is 278 g/mol. The summed E-state index contributed by atoms with van der Waals surface area (Å²) in [6, 6.07) is 0. The van der Waals surface area contributed by atoms with Gasteiger partial charge in [0.1, 0.15) is 13.2 Å². The number of carbonyl (C=O) groups excluding carboxylic acids is 1. The van der Waals surface area contributed by atoms with E-state index in [1.54, 1.807) is 0 Å². The van der Waals surface area contributed by atoms with E-state index >= 15 is 0 Å². The van der Waals surface area contributed by atoms with E-state index in [2.05, 4.69) is 5.32 Å². The molecule has 0 radical (unpaired) electrons. The molecule has 0 unspecified atom stereocenters.